The molecule has 2 bridgehead atoms. The first-order valence-corrected chi connectivity index (χ1v) is 17.2. The molecule has 0 spiro atoms. The van der Waals surface area contributed by atoms with Crippen LogP contribution in [0, 0.1) is 29.6 Å². The van der Waals surface area contributed by atoms with Crippen molar-refractivity contribution in [1.82, 2.24) is 9.88 Å². The molecule has 2 saturated carbocycles. The molecular formula is C33H33N3O8S2. The number of hydrogen-bond acceptors (Lipinski definition) is 10. The van der Waals surface area contributed by atoms with Crippen molar-refractivity contribution in [3.63, 3.8) is 0 Å². The van der Waals surface area contributed by atoms with Gasteiger partial charge in [0.05, 0.1) is 35.6 Å². The number of likely N-dealkylation sites (tertiary alicyclic amines) is 1. The van der Waals surface area contributed by atoms with Crippen LogP contribution in [-0.2, 0) is 19.1 Å². The van der Waals surface area contributed by atoms with Gasteiger partial charge in [0.25, 0.3) is 0 Å². The van der Waals surface area contributed by atoms with Gasteiger partial charge >= 0.3 is 10.8 Å². The topological polar surface area (TPSA) is 155 Å². The van der Waals surface area contributed by atoms with E-state index in [4.69, 9.17) is 9.47 Å². The fourth-order valence-corrected chi connectivity index (χ4v) is 10.9. The minimum absolute atomic E-state index is 0.00629. The van der Waals surface area contributed by atoms with E-state index in [-0.39, 0.29) is 76.8 Å². The summed E-state index contributed by atoms with van der Waals surface area (Å²) in [5, 5.41) is 14.0. The van der Waals surface area contributed by atoms with E-state index < -0.39 is 17.8 Å². The van der Waals surface area contributed by atoms with Crippen LogP contribution in [0.3, 0.4) is 0 Å². The Labute approximate surface area is 272 Å². The first-order valence-electron chi connectivity index (χ1n) is 15.5. The molecule has 46 heavy (non-hydrogen) atoms. The van der Waals surface area contributed by atoms with Crippen LogP contribution in [0.4, 0.5) is 5.69 Å². The summed E-state index contributed by atoms with van der Waals surface area (Å²) in [4.78, 5) is 69.9. The predicted octanol–water partition coefficient (Wildman–Crippen LogP) is 4.22. The lowest BCUT2D eigenvalue weighted by Gasteiger charge is -2.43. The first-order chi connectivity index (χ1) is 22.2. The molecule has 0 radical (unpaired) electrons. The van der Waals surface area contributed by atoms with Crippen LogP contribution in [0.2, 0.25) is 0 Å². The molecule has 4 aliphatic rings. The Morgan fingerprint density at radius 1 is 1.02 bits per heavy atom. The maximum absolute atomic E-state index is 13.9. The Bertz CT molecular complexity index is 1790. The molecule has 11 nitrogen and oxygen atoms in total. The number of H-pyrrole nitrogens is 1. The number of anilines is 1. The summed E-state index contributed by atoms with van der Waals surface area (Å²) in [6, 6.07) is 11.6. The number of phenols is 1. The van der Waals surface area contributed by atoms with E-state index in [2.05, 4.69) is 10.3 Å². The van der Waals surface area contributed by atoms with E-state index >= 15 is 0 Å². The number of aromatic amines is 1. The Balaban J connectivity index is 1.09. The molecule has 3 amide bonds. The van der Waals surface area contributed by atoms with E-state index in [0.717, 1.165) is 21.9 Å². The van der Waals surface area contributed by atoms with Gasteiger partial charge in [-0.05, 0) is 80.0 Å². The number of amides is 3. The SMILES string of the molecule is CCOC(=O)c1ccc(NC(=O)CCN2C(=O)C3C4CC(C3C2=O)C2C(c3ccc(O)c(OCC)c3)c3sc(=O)[nH]c3SC42)cc1. The number of ether oxygens (including phenoxy) is 2. The van der Waals surface area contributed by atoms with E-state index in [1.807, 2.05) is 19.1 Å². The number of carbonyl (C=O) groups is 4. The number of rotatable bonds is 9. The molecule has 2 aromatic carbocycles. The normalized spacial score (nSPS) is 27.3. The number of thioether (sulfide) groups is 1. The van der Waals surface area contributed by atoms with Gasteiger partial charge in [-0.3, -0.25) is 24.1 Å². The zero-order chi connectivity index (χ0) is 32.3. The molecule has 3 aromatic rings. The van der Waals surface area contributed by atoms with Crippen LogP contribution in [0.25, 0.3) is 0 Å². The number of aromatic hydroxyl groups is 1. The summed E-state index contributed by atoms with van der Waals surface area (Å²) in [6.07, 6.45) is 0.694. The van der Waals surface area contributed by atoms with Gasteiger partial charge in [-0.1, -0.05) is 17.4 Å². The summed E-state index contributed by atoms with van der Waals surface area (Å²) in [5.41, 5.74) is 1.76. The third kappa shape index (κ3) is 5.00. The molecule has 3 fully saturated rings. The standard InChI is InChI=1S/C33H33N3O8S2/c1-3-43-21-13-16(7-10-20(21)37)23-24-18-14-19(27(24)45-29-28(23)46-33(42)35-29)26-25(18)30(39)36(31(26)40)12-11-22(38)34-17-8-5-15(6-9-17)32(41)44-4-2/h5-10,13,18-19,23-27,37H,3-4,11-12,14H2,1-2H3,(H,34,38)(H,35,42). The minimum Gasteiger partial charge on any atom is -0.504 e. The molecular weight excluding hydrogens is 631 g/mol. The Morgan fingerprint density at radius 3 is 2.48 bits per heavy atom. The molecule has 13 heteroatoms. The highest BCUT2D eigenvalue weighted by atomic mass is 32.2. The summed E-state index contributed by atoms with van der Waals surface area (Å²) >= 11 is 2.78. The van der Waals surface area contributed by atoms with E-state index in [1.165, 1.54) is 16.2 Å². The number of carbonyl (C=O) groups excluding carboxylic acids is 4. The third-order valence-electron chi connectivity index (χ3n) is 9.70. The van der Waals surface area contributed by atoms with Crippen LogP contribution >= 0.6 is 23.1 Å². The van der Waals surface area contributed by atoms with Crippen molar-refractivity contribution in [3.8, 4) is 11.5 Å². The average Bonchev–Trinajstić information content (AvgIpc) is 3.77. The lowest BCUT2D eigenvalue weighted by atomic mass is 9.68. The Hall–Kier alpha value is -4.10. The number of imide groups is 1. The molecule has 7 atom stereocenters. The molecule has 1 aromatic heterocycles. The molecule has 2 aliphatic carbocycles. The van der Waals surface area contributed by atoms with Crippen molar-refractivity contribution in [1.29, 1.82) is 0 Å². The number of aromatic nitrogens is 1. The van der Waals surface area contributed by atoms with Gasteiger partial charge in [0.15, 0.2) is 11.5 Å². The Kier molecular flexibility index (Phi) is 7.92. The summed E-state index contributed by atoms with van der Waals surface area (Å²) < 4.78 is 10.7. The van der Waals surface area contributed by atoms with Crippen molar-refractivity contribution < 1.29 is 33.8 Å². The highest BCUT2D eigenvalue weighted by Crippen LogP contribution is 2.68. The number of phenolic OH excluding ortho intramolecular Hbond substituents is 1. The fourth-order valence-electron chi connectivity index (χ4n) is 8.01. The smallest absolute Gasteiger partial charge is 0.338 e. The van der Waals surface area contributed by atoms with Crippen molar-refractivity contribution in [2.45, 2.75) is 42.9 Å². The number of hydrogen-bond donors (Lipinski definition) is 3. The molecule has 2 aliphatic heterocycles. The maximum Gasteiger partial charge on any atom is 0.338 e. The van der Waals surface area contributed by atoms with Crippen molar-refractivity contribution in [2.75, 3.05) is 25.1 Å². The molecule has 240 valence electrons. The number of nitrogens with one attached hydrogen (secondary N) is 2. The van der Waals surface area contributed by atoms with Crippen LogP contribution in [0.1, 0.15) is 53.4 Å². The maximum atomic E-state index is 13.9. The fraction of sp³-hybridized carbons (Fsp3) is 0.424. The monoisotopic (exact) mass is 663 g/mol. The highest BCUT2D eigenvalue weighted by molar-refractivity contribution is 8.00. The van der Waals surface area contributed by atoms with Crippen LogP contribution in [-0.4, -0.2) is 63.7 Å². The summed E-state index contributed by atoms with van der Waals surface area (Å²) in [7, 11) is 0. The van der Waals surface area contributed by atoms with Gasteiger partial charge in [0, 0.05) is 34.7 Å². The Morgan fingerprint density at radius 2 is 1.76 bits per heavy atom. The van der Waals surface area contributed by atoms with Gasteiger partial charge in [0.2, 0.25) is 17.7 Å². The minimum atomic E-state index is -0.471. The zero-order valence-electron chi connectivity index (χ0n) is 25.2. The van der Waals surface area contributed by atoms with Gasteiger partial charge in [0.1, 0.15) is 0 Å². The van der Waals surface area contributed by atoms with Gasteiger partial charge in [-0.2, -0.15) is 0 Å². The van der Waals surface area contributed by atoms with Crippen molar-refractivity contribution in [2.24, 2.45) is 29.6 Å². The lowest BCUT2D eigenvalue weighted by molar-refractivity contribution is -0.141. The van der Waals surface area contributed by atoms with Crippen LogP contribution in [0.5, 0.6) is 11.5 Å². The van der Waals surface area contributed by atoms with Gasteiger partial charge in [-0.25, -0.2) is 4.79 Å². The highest BCUT2D eigenvalue weighted by Gasteiger charge is 2.69. The summed E-state index contributed by atoms with van der Waals surface area (Å²) in [5.74, 6) is -2.07. The van der Waals surface area contributed by atoms with Gasteiger partial charge < -0.3 is 24.9 Å². The van der Waals surface area contributed by atoms with E-state index in [0.29, 0.717) is 23.6 Å². The third-order valence-corrected chi connectivity index (χ3v) is 12.3. The number of esters is 1. The van der Waals surface area contributed by atoms with Gasteiger partial charge in [-0.15, -0.1) is 11.8 Å². The largest absolute Gasteiger partial charge is 0.504 e. The molecule has 3 N–H and O–H groups in total. The number of nitrogens with zero attached hydrogens (tertiary/aromatic N) is 1. The van der Waals surface area contributed by atoms with E-state index in [1.54, 1.807) is 49.0 Å². The second-order valence-electron chi connectivity index (χ2n) is 12.0. The number of benzene rings is 2. The first kappa shape index (κ1) is 30.5. The lowest BCUT2D eigenvalue weighted by Crippen LogP contribution is -2.42. The zero-order valence-corrected chi connectivity index (χ0v) is 26.8. The molecule has 7 unspecified atom stereocenters. The molecule has 7 rings (SSSR count). The second-order valence-corrected chi connectivity index (χ2v) is 14.2. The predicted molar refractivity (Wildman–Crippen MR) is 170 cm³/mol. The van der Waals surface area contributed by atoms with E-state index in [9.17, 15) is 29.1 Å². The summed E-state index contributed by atoms with van der Waals surface area (Å²) in [6.45, 7) is 4.20. The van der Waals surface area contributed by atoms with Crippen LogP contribution in [0.15, 0.2) is 52.3 Å². The quantitative estimate of drug-likeness (QED) is 0.226. The van der Waals surface area contributed by atoms with Crippen molar-refractivity contribution >= 4 is 52.5 Å². The van der Waals surface area contributed by atoms with Crippen molar-refractivity contribution in [3.05, 3.63) is 68.1 Å². The number of fused-ring (bicyclic) bond motifs is 9. The van der Waals surface area contributed by atoms with Crippen LogP contribution < -0.4 is 14.9 Å². The average molecular weight is 664 g/mol. The second kappa shape index (κ2) is 11.9. The molecule has 1 saturated heterocycles. The number of thiazole rings is 1. The molecule has 3 heterocycles.